The lowest BCUT2D eigenvalue weighted by Gasteiger charge is -2.30. The number of ether oxygens (including phenoxy) is 1. The van der Waals surface area contributed by atoms with Crippen LogP contribution >= 0.6 is 0 Å². The van der Waals surface area contributed by atoms with Crippen LogP contribution in [-0.4, -0.2) is 41.5 Å². The van der Waals surface area contributed by atoms with Gasteiger partial charge in [0.25, 0.3) is 5.91 Å². The van der Waals surface area contributed by atoms with Gasteiger partial charge in [0, 0.05) is 17.8 Å². The van der Waals surface area contributed by atoms with Crippen LogP contribution in [0.1, 0.15) is 44.9 Å². The highest BCUT2D eigenvalue weighted by Gasteiger charge is 2.31. The minimum absolute atomic E-state index is 0.238. The van der Waals surface area contributed by atoms with Gasteiger partial charge in [-0.25, -0.2) is 4.79 Å². The lowest BCUT2D eigenvalue weighted by molar-refractivity contribution is -0.138. The molecule has 0 saturated heterocycles. The number of anilines is 1. The summed E-state index contributed by atoms with van der Waals surface area (Å²) in [5.41, 5.74) is 1.17. The maximum absolute atomic E-state index is 13.6. The van der Waals surface area contributed by atoms with Crippen molar-refractivity contribution in [2.24, 2.45) is 0 Å². The van der Waals surface area contributed by atoms with E-state index in [-0.39, 0.29) is 19.0 Å². The van der Waals surface area contributed by atoms with Crippen LogP contribution in [0, 0.1) is 12.3 Å². The monoisotopic (exact) mass is 485 g/mol. The molecule has 0 aliphatic rings. The predicted octanol–water partition coefficient (Wildman–Crippen LogP) is 4.87. The summed E-state index contributed by atoms with van der Waals surface area (Å²) in [6.45, 7) is 6.91. The van der Waals surface area contributed by atoms with Crippen molar-refractivity contribution < 1.29 is 19.1 Å². The van der Waals surface area contributed by atoms with E-state index in [4.69, 9.17) is 11.2 Å². The standard InChI is InChI=1S/C29H31N3O4/c1-6-20-12-14-22(15-13-20)26(32(7-2)25(33)19-30-28(35)36-29(3,4)5)27(34)31-24-17-16-21-10-8-9-11-23(21)18-24/h1,8-18,26H,7,19H2,2-5H3,(H,30,35)(H,31,34). The average Bonchev–Trinajstić information content (AvgIpc) is 2.84. The van der Waals surface area contributed by atoms with Crippen molar-refractivity contribution in [3.63, 3.8) is 0 Å². The lowest BCUT2D eigenvalue weighted by Crippen LogP contribution is -2.46. The lowest BCUT2D eigenvalue weighted by atomic mass is 10.0. The van der Waals surface area contributed by atoms with Crippen LogP contribution in [0.5, 0.6) is 0 Å². The Kier molecular flexibility index (Phi) is 8.34. The van der Waals surface area contributed by atoms with Crippen molar-refractivity contribution >= 4 is 34.4 Å². The normalized spacial score (nSPS) is 11.8. The van der Waals surface area contributed by atoms with Crippen LogP contribution in [0.4, 0.5) is 10.5 Å². The molecule has 3 aromatic carbocycles. The topological polar surface area (TPSA) is 87.7 Å². The predicted molar refractivity (Wildman–Crippen MR) is 141 cm³/mol. The molecule has 0 saturated carbocycles. The second kappa shape index (κ2) is 11.4. The van der Waals surface area contributed by atoms with Gasteiger partial charge in [0.05, 0.1) is 0 Å². The fourth-order valence-corrected chi connectivity index (χ4v) is 3.78. The molecule has 0 aliphatic carbocycles. The van der Waals surface area contributed by atoms with Gasteiger partial charge < -0.3 is 20.3 Å². The number of amides is 3. The van der Waals surface area contributed by atoms with E-state index < -0.39 is 23.6 Å². The molecule has 3 rings (SSSR count). The second-order valence-corrected chi connectivity index (χ2v) is 9.26. The first-order valence-electron chi connectivity index (χ1n) is 11.7. The highest BCUT2D eigenvalue weighted by atomic mass is 16.6. The molecule has 36 heavy (non-hydrogen) atoms. The molecule has 0 fully saturated rings. The van der Waals surface area contributed by atoms with Crippen molar-refractivity contribution in [1.29, 1.82) is 0 Å². The Labute approximate surface area is 211 Å². The number of carbonyl (C=O) groups excluding carboxylic acids is 3. The molecule has 0 spiro atoms. The van der Waals surface area contributed by atoms with Crippen LogP contribution < -0.4 is 10.6 Å². The minimum Gasteiger partial charge on any atom is -0.444 e. The molecular weight excluding hydrogens is 454 g/mol. The SMILES string of the molecule is C#Cc1ccc(C(C(=O)Nc2ccc3ccccc3c2)N(CC)C(=O)CNC(=O)OC(C)(C)C)cc1. The first kappa shape index (κ1) is 26.3. The molecule has 0 aromatic heterocycles. The Balaban J connectivity index is 1.86. The molecule has 0 heterocycles. The quantitative estimate of drug-likeness (QED) is 0.467. The Bertz CT molecular complexity index is 1290. The van der Waals surface area contributed by atoms with E-state index in [1.165, 1.54) is 4.90 Å². The van der Waals surface area contributed by atoms with Crippen LogP contribution in [0.3, 0.4) is 0 Å². The third kappa shape index (κ3) is 6.86. The van der Waals surface area contributed by atoms with Crippen LogP contribution in [-0.2, 0) is 14.3 Å². The molecule has 7 nitrogen and oxygen atoms in total. The first-order valence-corrected chi connectivity index (χ1v) is 11.7. The number of nitrogens with zero attached hydrogens (tertiary/aromatic N) is 1. The zero-order chi connectivity index (χ0) is 26.3. The van der Waals surface area contributed by atoms with Gasteiger partial charge >= 0.3 is 6.09 Å². The van der Waals surface area contributed by atoms with E-state index >= 15 is 0 Å². The van der Waals surface area contributed by atoms with Gasteiger partial charge in [-0.3, -0.25) is 9.59 Å². The molecule has 186 valence electrons. The number of nitrogens with one attached hydrogen (secondary N) is 2. The summed E-state index contributed by atoms with van der Waals surface area (Å²) in [4.78, 5) is 40.2. The number of carbonyl (C=O) groups is 3. The second-order valence-electron chi connectivity index (χ2n) is 9.26. The summed E-state index contributed by atoms with van der Waals surface area (Å²) in [5, 5.41) is 7.45. The molecule has 3 aromatic rings. The Morgan fingerprint density at radius 3 is 2.28 bits per heavy atom. The molecule has 0 aliphatic heterocycles. The molecule has 1 unspecified atom stereocenters. The summed E-state index contributed by atoms with van der Waals surface area (Å²) >= 11 is 0. The fourth-order valence-electron chi connectivity index (χ4n) is 3.78. The van der Waals surface area contributed by atoms with Crippen LogP contribution in [0.2, 0.25) is 0 Å². The maximum atomic E-state index is 13.6. The number of hydrogen-bond acceptors (Lipinski definition) is 4. The van der Waals surface area contributed by atoms with E-state index in [2.05, 4.69) is 16.6 Å². The van der Waals surface area contributed by atoms with Gasteiger partial charge in [0.15, 0.2) is 0 Å². The Hall–Kier alpha value is -4.31. The molecular formula is C29H31N3O4. The zero-order valence-electron chi connectivity index (χ0n) is 21.0. The van der Waals surface area contributed by atoms with Gasteiger partial charge in [-0.15, -0.1) is 6.42 Å². The molecule has 0 bridgehead atoms. The summed E-state index contributed by atoms with van der Waals surface area (Å²) in [6, 6.07) is 19.4. The number of benzene rings is 3. The molecule has 2 N–H and O–H groups in total. The van der Waals surface area contributed by atoms with Gasteiger partial charge in [0.2, 0.25) is 5.91 Å². The molecule has 1 atom stereocenters. The largest absolute Gasteiger partial charge is 0.444 e. The highest BCUT2D eigenvalue weighted by Crippen LogP contribution is 2.25. The van der Waals surface area contributed by atoms with Gasteiger partial charge in [-0.2, -0.15) is 0 Å². The van der Waals surface area contributed by atoms with Crippen LogP contribution in [0.15, 0.2) is 66.7 Å². The Morgan fingerprint density at radius 2 is 1.67 bits per heavy atom. The summed E-state index contributed by atoms with van der Waals surface area (Å²) in [6.07, 6.45) is 4.78. The summed E-state index contributed by atoms with van der Waals surface area (Å²) in [5.74, 6) is 1.74. The maximum Gasteiger partial charge on any atom is 0.408 e. The average molecular weight is 486 g/mol. The van der Waals surface area contributed by atoms with Crippen molar-refractivity contribution in [1.82, 2.24) is 10.2 Å². The number of alkyl carbamates (subject to hydrolysis) is 1. The van der Waals surface area contributed by atoms with E-state index in [9.17, 15) is 14.4 Å². The fraction of sp³-hybridized carbons (Fsp3) is 0.276. The smallest absolute Gasteiger partial charge is 0.408 e. The number of terminal acetylenes is 1. The first-order chi connectivity index (χ1) is 17.1. The van der Waals surface area contributed by atoms with Crippen molar-refractivity contribution in [2.75, 3.05) is 18.4 Å². The van der Waals surface area contributed by atoms with Crippen molar-refractivity contribution in [3.05, 3.63) is 77.9 Å². The number of rotatable bonds is 7. The van der Waals surface area contributed by atoms with E-state index in [1.807, 2.05) is 42.5 Å². The summed E-state index contributed by atoms with van der Waals surface area (Å²) < 4.78 is 5.21. The minimum atomic E-state index is -0.943. The Morgan fingerprint density at radius 1 is 1.00 bits per heavy atom. The zero-order valence-corrected chi connectivity index (χ0v) is 21.0. The number of likely N-dealkylation sites (N-methyl/N-ethyl adjacent to an activating group) is 1. The number of hydrogen-bond donors (Lipinski definition) is 2. The third-order valence-corrected chi connectivity index (χ3v) is 5.41. The third-order valence-electron chi connectivity index (χ3n) is 5.41. The van der Waals surface area contributed by atoms with Gasteiger partial charge in [-0.05, 0) is 68.3 Å². The van der Waals surface area contributed by atoms with Crippen LogP contribution in [0.25, 0.3) is 10.8 Å². The molecule has 3 amide bonds. The van der Waals surface area contributed by atoms with Gasteiger partial charge in [-0.1, -0.05) is 48.4 Å². The van der Waals surface area contributed by atoms with E-state index in [1.54, 1.807) is 52.0 Å². The van der Waals surface area contributed by atoms with E-state index in [0.29, 0.717) is 16.8 Å². The number of fused-ring (bicyclic) bond motifs is 1. The van der Waals surface area contributed by atoms with E-state index in [0.717, 1.165) is 10.8 Å². The molecule has 7 heteroatoms. The molecule has 0 radical (unpaired) electrons. The summed E-state index contributed by atoms with van der Waals surface area (Å²) in [7, 11) is 0. The van der Waals surface area contributed by atoms with Crippen molar-refractivity contribution in [3.8, 4) is 12.3 Å². The van der Waals surface area contributed by atoms with Crippen molar-refractivity contribution in [2.45, 2.75) is 39.3 Å². The highest BCUT2D eigenvalue weighted by molar-refractivity contribution is 6.00. The van der Waals surface area contributed by atoms with Gasteiger partial charge in [0.1, 0.15) is 18.2 Å².